The zero-order valence-corrected chi connectivity index (χ0v) is 13.0. The number of carbonyl (C=O) groups excluding carboxylic acids is 2. The number of hydrogen-bond acceptors (Lipinski definition) is 3. The Balaban J connectivity index is 0.00000112. The summed E-state index contributed by atoms with van der Waals surface area (Å²) < 4.78 is 0. The van der Waals surface area contributed by atoms with E-state index in [4.69, 9.17) is 0 Å². The molecule has 2 rings (SSSR count). The number of rotatable bonds is 1. The second-order valence-electron chi connectivity index (χ2n) is 5.43. The Labute approximate surface area is 132 Å². The van der Waals surface area contributed by atoms with E-state index >= 15 is 0 Å². The normalized spacial score (nSPS) is 41.4. The third-order valence-corrected chi connectivity index (χ3v) is 5.10. The van der Waals surface area contributed by atoms with Crippen molar-refractivity contribution in [3.63, 3.8) is 0 Å². The van der Waals surface area contributed by atoms with E-state index in [-0.39, 0.29) is 63.6 Å². The summed E-state index contributed by atoms with van der Waals surface area (Å²) in [7, 11) is 0. The molecule has 0 aromatic heterocycles. The average Bonchev–Trinajstić information content (AvgIpc) is 2.34. The summed E-state index contributed by atoms with van der Waals surface area (Å²) >= 11 is 0. The van der Waals surface area contributed by atoms with Crippen LogP contribution in [0.1, 0.15) is 40.0 Å². The molecular formula is C11H15KO3. The third kappa shape index (κ3) is 1.32. The molecule has 0 amide bonds. The van der Waals surface area contributed by atoms with Gasteiger partial charge in [0.1, 0.15) is 5.78 Å². The van der Waals surface area contributed by atoms with Crippen molar-refractivity contribution in [2.45, 2.75) is 40.0 Å². The molecule has 78 valence electrons. The van der Waals surface area contributed by atoms with Crippen LogP contribution in [0.15, 0.2) is 0 Å². The van der Waals surface area contributed by atoms with Crippen molar-refractivity contribution in [2.24, 2.45) is 16.2 Å². The van der Waals surface area contributed by atoms with E-state index in [2.05, 4.69) is 0 Å². The van der Waals surface area contributed by atoms with Crippen molar-refractivity contribution < 1.29 is 66.1 Å². The Morgan fingerprint density at radius 2 is 1.80 bits per heavy atom. The molecule has 2 bridgehead atoms. The van der Waals surface area contributed by atoms with E-state index in [9.17, 15) is 14.7 Å². The third-order valence-electron chi connectivity index (χ3n) is 5.10. The van der Waals surface area contributed by atoms with Gasteiger partial charge in [-0.3, -0.25) is 4.79 Å². The van der Waals surface area contributed by atoms with E-state index in [0.29, 0.717) is 12.8 Å². The predicted molar refractivity (Wildman–Crippen MR) is 48.2 cm³/mol. The van der Waals surface area contributed by atoms with Gasteiger partial charge < -0.3 is 9.90 Å². The fraction of sp³-hybridized carbons (Fsp3) is 0.818. The minimum absolute atomic E-state index is 0. The predicted octanol–water partition coefficient (Wildman–Crippen LogP) is -2.47. The number of carboxylic acid groups (broad SMARTS) is 1. The molecule has 0 radical (unpaired) electrons. The van der Waals surface area contributed by atoms with Gasteiger partial charge in [-0.05, 0) is 18.3 Å². The van der Waals surface area contributed by atoms with Crippen LogP contribution in [-0.4, -0.2) is 11.8 Å². The second kappa shape index (κ2) is 3.63. The molecule has 2 fully saturated rings. The zero-order chi connectivity index (χ0) is 10.8. The molecule has 0 aromatic carbocycles. The molecule has 0 aromatic rings. The minimum atomic E-state index is -1.04. The van der Waals surface area contributed by atoms with Crippen LogP contribution >= 0.6 is 0 Å². The summed E-state index contributed by atoms with van der Waals surface area (Å²) in [5.41, 5.74) is -1.82. The van der Waals surface area contributed by atoms with Gasteiger partial charge in [-0.2, -0.15) is 0 Å². The van der Waals surface area contributed by atoms with E-state index in [1.165, 1.54) is 0 Å². The Bertz CT molecular complexity index is 337. The van der Waals surface area contributed by atoms with Crippen molar-refractivity contribution in [3.8, 4) is 0 Å². The van der Waals surface area contributed by atoms with Gasteiger partial charge in [0.25, 0.3) is 0 Å². The summed E-state index contributed by atoms with van der Waals surface area (Å²) in [4.78, 5) is 23.0. The van der Waals surface area contributed by atoms with E-state index in [0.717, 1.165) is 0 Å². The molecular weight excluding hydrogens is 219 g/mol. The number of aliphatic carboxylic acids is 1. The molecule has 0 aliphatic heterocycles. The summed E-state index contributed by atoms with van der Waals surface area (Å²) in [6.07, 6.45) is 1.44. The zero-order valence-electron chi connectivity index (χ0n) is 9.85. The van der Waals surface area contributed by atoms with Gasteiger partial charge in [-0.25, -0.2) is 0 Å². The average molecular weight is 234 g/mol. The molecule has 3 nitrogen and oxygen atoms in total. The standard InChI is InChI=1S/C11H16O3.K/c1-9(2)10(3)4-5-11(9,8(13)14)6-7(10)12;/h4-6H2,1-3H3,(H,13,14);/q;+1/p-1. The smallest absolute Gasteiger partial charge is 0.550 e. The van der Waals surface area contributed by atoms with Gasteiger partial charge in [0.2, 0.25) is 0 Å². The van der Waals surface area contributed by atoms with E-state index in [1.807, 2.05) is 20.8 Å². The van der Waals surface area contributed by atoms with Crippen LogP contribution in [-0.2, 0) is 9.59 Å². The molecule has 0 saturated heterocycles. The van der Waals surface area contributed by atoms with Crippen LogP contribution in [0.25, 0.3) is 0 Å². The number of fused-ring (bicyclic) bond motifs is 2. The fourth-order valence-electron chi connectivity index (χ4n) is 3.31. The monoisotopic (exact) mass is 234 g/mol. The Morgan fingerprint density at radius 1 is 1.27 bits per heavy atom. The van der Waals surface area contributed by atoms with E-state index < -0.39 is 22.2 Å². The minimum Gasteiger partial charge on any atom is -0.550 e. The SMILES string of the molecule is CC12CCC(C(=O)[O-])(CC1=O)C2(C)C.[K+]. The second-order valence-corrected chi connectivity index (χ2v) is 5.43. The molecule has 2 saturated carbocycles. The van der Waals surface area contributed by atoms with Crippen LogP contribution in [0, 0.1) is 16.2 Å². The number of ketones is 1. The van der Waals surface area contributed by atoms with Gasteiger partial charge in [-0.15, -0.1) is 0 Å². The van der Waals surface area contributed by atoms with Gasteiger partial charge >= 0.3 is 51.4 Å². The molecule has 0 N–H and O–H groups in total. The molecule has 0 heterocycles. The number of Topliss-reactive ketones (excluding diaryl/α,β-unsaturated/α-hetero) is 1. The van der Waals surface area contributed by atoms with Crippen molar-refractivity contribution >= 4 is 11.8 Å². The van der Waals surface area contributed by atoms with Crippen LogP contribution < -0.4 is 56.5 Å². The Kier molecular flexibility index (Phi) is 3.35. The van der Waals surface area contributed by atoms with Crippen LogP contribution in [0.2, 0.25) is 0 Å². The fourth-order valence-corrected chi connectivity index (χ4v) is 3.31. The number of hydrogen-bond donors (Lipinski definition) is 0. The maximum atomic E-state index is 11.8. The van der Waals surface area contributed by atoms with Crippen molar-refractivity contribution in [2.75, 3.05) is 0 Å². The maximum absolute atomic E-state index is 11.8. The van der Waals surface area contributed by atoms with Gasteiger partial charge in [0.15, 0.2) is 0 Å². The summed E-state index contributed by atoms with van der Waals surface area (Å²) in [5, 5.41) is 11.2. The first-order chi connectivity index (χ1) is 6.28. The molecule has 4 heteroatoms. The Hall–Kier alpha value is 0.776. The molecule has 15 heavy (non-hydrogen) atoms. The van der Waals surface area contributed by atoms with Crippen molar-refractivity contribution in [3.05, 3.63) is 0 Å². The maximum Gasteiger partial charge on any atom is 1.00 e. The summed E-state index contributed by atoms with van der Waals surface area (Å²) in [5.74, 6) is -0.949. The summed E-state index contributed by atoms with van der Waals surface area (Å²) in [6.45, 7) is 5.68. The molecule has 2 atom stereocenters. The van der Waals surface area contributed by atoms with Crippen molar-refractivity contribution in [1.29, 1.82) is 0 Å². The summed E-state index contributed by atoms with van der Waals surface area (Å²) in [6, 6.07) is 0. The number of carbonyl (C=O) groups is 2. The first-order valence-corrected chi connectivity index (χ1v) is 5.03. The Morgan fingerprint density at radius 3 is 2.00 bits per heavy atom. The van der Waals surface area contributed by atoms with Crippen LogP contribution in [0.3, 0.4) is 0 Å². The molecule has 0 spiro atoms. The van der Waals surface area contributed by atoms with Crippen LogP contribution in [0.4, 0.5) is 0 Å². The molecule has 2 aliphatic rings. The quantitative estimate of drug-likeness (QED) is 0.472. The van der Waals surface area contributed by atoms with E-state index in [1.54, 1.807) is 0 Å². The molecule has 2 unspecified atom stereocenters. The van der Waals surface area contributed by atoms with Crippen molar-refractivity contribution in [1.82, 2.24) is 0 Å². The van der Waals surface area contributed by atoms with Gasteiger partial charge in [-0.1, -0.05) is 20.8 Å². The topological polar surface area (TPSA) is 57.2 Å². The first kappa shape index (κ1) is 13.8. The van der Waals surface area contributed by atoms with Gasteiger partial charge in [0, 0.05) is 23.2 Å². The molecule has 2 aliphatic carbocycles. The van der Waals surface area contributed by atoms with Gasteiger partial charge in [0.05, 0.1) is 0 Å². The largest absolute Gasteiger partial charge is 1.00 e. The van der Waals surface area contributed by atoms with Crippen LogP contribution in [0.5, 0.6) is 0 Å². The first-order valence-electron chi connectivity index (χ1n) is 5.03. The number of carboxylic acids is 1.